The Balaban J connectivity index is 2.28. The molecule has 0 unspecified atom stereocenters. The molecule has 0 atom stereocenters. The van der Waals surface area contributed by atoms with Gasteiger partial charge in [0.15, 0.2) is 5.82 Å². The van der Waals surface area contributed by atoms with Crippen LogP contribution in [-0.4, -0.2) is 4.68 Å². The zero-order valence-corrected chi connectivity index (χ0v) is 14.6. The lowest BCUT2D eigenvalue weighted by atomic mass is 9.96. The zero-order chi connectivity index (χ0) is 17.6. The molecule has 2 aromatic carbocycles. The molecule has 0 fully saturated rings. The Labute approximate surface area is 141 Å². The predicted octanol–water partition coefficient (Wildman–Crippen LogP) is 4.48. The summed E-state index contributed by atoms with van der Waals surface area (Å²) in [7, 11) is 1.88. The number of rotatable bonds is 2. The molecular formula is C20H21F2N2+. The number of aryl methyl sites for hydroxylation is 3. The highest BCUT2D eigenvalue weighted by molar-refractivity contribution is 5.71. The minimum Gasteiger partial charge on any atom is -0.207 e. The van der Waals surface area contributed by atoms with E-state index in [-0.39, 0.29) is 0 Å². The first-order chi connectivity index (χ1) is 11.3. The Kier molecular flexibility index (Phi) is 3.99. The Morgan fingerprint density at radius 2 is 1.54 bits per heavy atom. The molecule has 0 amide bonds. The Hall–Kier alpha value is -2.49. The predicted molar refractivity (Wildman–Crippen MR) is 91.2 cm³/mol. The van der Waals surface area contributed by atoms with Crippen molar-refractivity contribution >= 4 is 0 Å². The van der Waals surface area contributed by atoms with Crippen molar-refractivity contribution < 1.29 is 13.5 Å². The van der Waals surface area contributed by atoms with Gasteiger partial charge in [-0.3, -0.25) is 0 Å². The van der Waals surface area contributed by atoms with Gasteiger partial charge in [-0.1, -0.05) is 22.9 Å². The molecule has 0 aliphatic rings. The third-order valence-corrected chi connectivity index (χ3v) is 4.65. The zero-order valence-electron chi connectivity index (χ0n) is 14.6. The van der Waals surface area contributed by atoms with Gasteiger partial charge in [0.05, 0.1) is 18.3 Å². The van der Waals surface area contributed by atoms with E-state index in [0.29, 0.717) is 11.3 Å². The fourth-order valence-corrected chi connectivity index (χ4v) is 3.32. The maximum atomic E-state index is 14.4. The second-order valence-electron chi connectivity index (χ2n) is 6.32. The van der Waals surface area contributed by atoms with Crippen molar-refractivity contribution in [2.24, 2.45) is 7.05 Å². The quantitative estimate of drug-likeness (QED) is 0.614. The summed E-state index contributed by atoms with van der Waals surface area (Å²) in [5, 5.41) is 0. The van der Waals surface area contributed by atoms with E-state index in [9.17, 15) is 8.78 Å². The summed E-state index contributed by atoms with van der Waals surface area (Å²) in [6, 6.07) is 8.46. The summed E-state index contributed by atoms with van der Waals surface area (Å²) in [5.74, 6) is -1.12. The van der Waals surface area contributed by atoms with Crippen molar-refractivity contribution in [1.82, 2.24) is 4.68 Å². The summed E-state index contributed by atoms with van der Waals surface area (Å²) in [5.41, 5.74) is 6.52. The standard InChI is InChI=1S/C20H21F2N2/c1-12-7-6-8-13(2)19(12)17-11-24(23(5)15(17)4)20-14(3)9-16(21)10-18(20)22/h6-11H,1-5H3/q+1. The molecule has 0 aliphatic heterocycles. The molecule has 3 aromatic rings. The van der Waals surface area contributed by atoms with E-state index in [0.717, 1.165) is 22.9 Å². The highest BCUT2D eigenvalue weighted by atomic mass is 19.1. The van der Waals surface area contributed by atoms with Crippen LogP contribution in [0.15, 0.2) is 36.5 Å². The lowest BCUT2D eigenvalue weighted by Crippen LogP contribution is -2.41. The van der Waals surface area contributed by atoms with Gasteiger partial charge in [-0.05, 0) is 50.5 Å². The molecule has 24 heavy (non-hydrogen) atoms. The molecule has 0 radical (unpaired) electrons. The van der Waals surface area contributed by atoms with E-state index < -0.39 is 11.6 Å². The number of hydrogen-bond acceptors (Lipinski definition) is 0. The first-order valence-corrected chi connectivity index (χ1v) is 7.92. The monoisotopic (exact) mass is 327 g/mol. The van der Waals surface area contributed by atoms with Crippen LogP contribution in [-0.2, 0) is 7.05 Å². The molecule has 0 aliphatic carbocycles. The van der Waals surface area contributed by atoms with Crippen LogP contribution in [0.3, 0.4) is 0 Å². The Morgan fingerprint density at radius 1 is 0.917 bits per heavy atom. The molecule has 1 heterocycles. The number of halogens is 2. The van der Waals surface area contributed by atoms with E-state index in [4.69, 9.17) is 0 Å². The van der Waals surface area contributed by atoms with Crippen molar-refractivity contribution in [3.05, 3.63) is 70.5 Å². The Morgan fingerprint density at radius 3 is 2.12 bits per heavy atom. The van der Waals surface area contributed by atoms with E-state index in [1.54, 1.807) is 11.6 Å². The van der Waals surface area contributed by atoms with Gasteiger partial charge in [0.1, 0.15) is 5.82 Å². The minimum atomic E-state index is -0.564. The summed E-state index contributed by atoms with van der Waals surface area (Å²) in [6.45, 7) is 7.87. The maximum Gasteiger partial charge on any atom is 0.274 e. The fraction of sp³-hybridized carbons (Fsp3) is 0.250. The second kappa shape index (κ2) is 5.86. The van der Waals surface area contributed by atoms with Crippen LogP contribution < -0.4 is 4.68 Å². The van der Waals surface area contributed by atoms with Crippen molar-refractivity contribution in [1.29, 1.82) is 0 Å². The van der Waals surface area contributed by atoms with Gasteiger partial charge in [-0.25, -0.2) is 4.39 Å². The lowest BCUT2D eigenvalue weighted by molar-refractivity contribution is -0.684. The first kappa shape index (κ1) is 16.4. The van der Waals surface area contributed by atoms with Crippen LogP contribution in [0, 0.1) is 39.3 Å². The van der Waals surface area contributed by atoms with E-state index >= 15 is 0 Å². The van der Waals surface area contributed by atoms with E-state index in [1.807, 2.05) is 30.9 Å². The molecule has 4 heteroatoms. The summed E-state index contributed by atoms with van der Waals surface area (Å²) >= 11 is 0. The number of nitrogens with zero attached hydrogens (tertiary/aromatic N) is 2. The van der Waals surface area contributed by atoms with E-state index in [1.165, 1.54) is 17.2 Å². The topological polar surface area (TPSA) is 8.81 Å². The summed E-state index contributed by atoms with van der Waals surface area (Å²) in [6.07, 6.45) is 1.92. The third kappa shape index (κ3) is 2.52. The Bertz CT molecular complexity index is 896. The van der Waals surface area contributed by atoms with Crippen LogP contribution >= 0.6 is 0 Å². The largest absolute Gasteiger partial charge is 0.274 e. The van der Waals surface area contributed by atoms with Crippen molar-refractivity contribution in [3.8, 4) is 16.8 Å². The average molecular weight is 327 g/mol. The van der Waals surface area contributed by atoms with Crippen LogP contribution in [0.4, 0.5) is 8.78 Å². The van der Waals surface area contributed by atoms with Crippen LogP contribution in [0.1, 0.15) is 22.4 Å². The number of hydrogen-bond donors (Lipinski definition) is 0. The van der Waals surface area contributed by atoms with Gasteiger partial charge in [-0.2, -0.15) is 9.07 Å². The normalized spacial score (nSPS) is 11.1. The van der Waals surface area contributed by atoms with Gasteiger partial charge in [0, 0.05) is 11.6 Å². The van der Waals surface area contributed by atoms with Gasteiger partial charge < -0.3 is 0 Å². The molecule has 2 nitrogen and oxygen atoms in total. The molecule has 1 aromatic heterocycles. The van der Waals surface area contributed by atoms with Crippen LogP contribution in [0.25, 0.3) is 16.8 Å². The highest BCUT2D eigenvalue weighted by Crippen LogP contribution is 2.29. The van der Waals surface area contributed by atoms with Gasteiger partial charge >= 0.3 is 0 Å². The third-order valence-electron chi connectivity index (χ3n) is 4.65. The smallest absolute Gasteiger partial charge is 0.207 e. The lowest BCUT2D eigenvalue weighted by Gasteiger charge is -2.07. The summed E-state index contributed by atoms with van der Waals surface area (Å²) < 4.78 is 31.5. The molecule has 3 rings (SSSR count). The molecular weight excluding hydrogens is 306 g/mol. The average Bonchev–Trinajstić information content (AvgIpc) is 2.75. The van der Waals surface area contributed by atoms with Crippen molar-refractivity contribution in [3.63, 3.8) is 0 Å². The molecule has 0 N–H and O–H groups in total. The molecule has 124 valence electrons. The van der Waals surface area contributed by atoms with Crippen LogP contribution in [0.2, 0.25) is 0 Å². The number of aromatic nitrogens is 2. The van der Waals surface area contributed by atoms with Crippen LogP contribution in [0.5, 0.6) is 0 Å². The second-order valence-corrected chi connectivity index (χ2v) is 6.32. The molecule has 0 bridgehead atoms. The fourth-order valence-electron chi connectivity index (χ4n) is 3.32. The minimum absolute atomic E-state index is 0.375. The van der Waals surface area contributed by atoms with E-state index in [2.05, 4.69) is 26.0 Å². The van der Waals surface area contributed by atoms with Gasteiger partial charge in [-0.15, -0.1) is 0 Å². The first-order valence-electron chi connectivity index (χ1n) is 7.92. The summed E-state index contributed by atoms with van der Waals surface area (Å²) in [4.78, 5) is 0. The van der Waals surface area contributed by atoms with Gasteiger partial charge in [0.2, 0.25) is 6.20 Å². The molecule has 0 saturated heterocycles. The van der Waals surface area contributed by atoms with Crippen molar-refractivity contribution in [2.75, 3.05) is 0 Å². The molecule has 0 saturated carbocycles. The highest BCUT2D eigenvalue weighted by Gasteiger charge is 2.26. The SMILES string of the molecule is Cc1cccc(C)c1-c1c[n+](-c2c(C)cc(F)cc2F)n(C)c1C. The van der Waals surface area contributed by atoms with Crippen molar-refractivity contribution in [2.45, 2.75) is 27.7 Å². The molecule has 0 spiro atoms. The van der Waals surface area contributed by atoms with Gasteiger partial charge in [0.25, 0.3) is 5.69 Å². The number of benzene rings is 2. The maximum absolute atomic E-state index is 14.4.